The highest BCUT2D eigenvalue weighted by Gasteiger charge is 2.10. The highest BCUT2D eigenvalue weighted by atomic mass is 79.9. The highest BCUT2D eigenvalue weighted by Crippen LogP contribution is 2.24. The average Bonchev–Trinajstić information content (AvgIpc) is 2.49. The van der Waals surface area contributed by atoms with Crippen molar-refractivity contribution in [3.8, 4) is 0 Å². The number of carboxylic acids is 1. The summed E-state index contributed by atoms with van der Waals surface area (Å²) in [6.45, 7) is 0. The van der Waals surface area contributed by atoms with Crippen LogP contribution in [0.4, 0.5) is 5.69 Å². The van der Waals surface area contributed by atoms with Crippen LogP contribution in [0, 0.1) is 0 Å². The van der Waals surface area contributed by atoms with Gasteiger partial charge in [-0.15, -0.1) is 11.8 Å². The predicted octanol–water partition coefficient (Wildman–Crippen LogP) is 4.12. The van der Waals surface area contributed by atoms with E-state index in [0.717, 1.165) is 4.90 Å². The molecule has 108 valence electrons. The Morgan fingerprint density at radius 3 is 2.24 bits per heavy atom. The smallest absolute Gasteiger partial charge is 0.335 e. The minimum atomic E-state index is -1.01. The molecule has 0 aromatic heterocycles. The molecule has 0 atom stereocenters. The topological polar surface area (TPSA) is 66.4 Å². The molecule has 1 amide bonds. The zero-order valence-corrected chi connectivity index (χ0v) is 13.5. The van der Waals surface area contributed by atoms with E-state index >= 15 is 0 Å². The van der Waals surface area contributed by atoms with E-state index in [-0.39, 0.29) is 11.5 Å². The SMILES string of the molecule is CSc1ccc(C(=O)Nc2ccc(C(=O)O)cc2Br)cc1. The van der Waals surface area contributed by atoms with Crippen LogP contribution in [-0.4, -0.2) is 23.2 Å². The van der Waals surface area contributed by atoms with Crippen molar-refractivity contribution in [3.05, 3.63) is 58.1 Å². The third kappa shape index (κ3) is 3.86. The predicted molar refractivity (Wildman–Crippen MR) is 87.3 cm³/mol. The van der Waals surface area contributed by atoms with Crippen molar-refractivity contribution in [2.45, 2.75) is 4.90 Å². The lowest BCUT2D eigenvalue weighted by Crippen LogP contribution is -2.12. The molecule has 0 bridgehead atoms. The van der Waals surface area contributed by atoms with Crippen LogP contribution in [0.25, 0.3) is 0 Å². The highest BCUT2D eigenvalue weighted by molar-refractivity contribution is 9.10. The number of carbonyl (C=O) groups excluding carboxylic acids is 1. The summed E-state index contributed by atoms with van der Waals surface area (Å²) in [6.07, 6.45) is 1.97. The van der Waals surface area contributed by atoms with Gasteiger partial charge in [0, 0.05) is 14.9 Å². The molecule has 0 aliphatic carbocycles. The van der Waals surface area contributed by atoms with Crippen LogP contribution >= 0.6 is 27.7 Å². The van der Waals surface area contributed by atoms with Crippen LogP contribution in [-0.2, 0) is 0 Å². The van der Waals surface area contributed by atoms with Crippen LogP contribution < -0.4 is 5.32 Å². The van der Waals surface area contributed by atoms with Crippen molar-refractivity contribution in [3.63, 3.8) is 0 Å². The quantitative estimate of drug-likeness (QED) is 0.799. The number of hydrogen-bond acceptors (Lipinski definition) is 3. The third-order valence-electron chi connectivity index (χ3n) is 2.82. The average molecular weight is 366 g/mol. The molecule has 6 heteroatoms. The lowest BCUT2D eigenvalue weighted by Gasteiger charge is -2.08. The van der Waals surface area contributed by atoms with Crippen molar-refractivity contribution in [1.82, 2.24) is 0 Å². The lowest BCUT2D eigenvalue weighted by molar-refractivity contribution is 0.0696. The number of carbonyl (C=O) groups is 2. The summed E-state index contributed by atoms with van der Waals surface area (Å²) in [4.78, 5) is 24.1. The second kappa shape index (κ2) is 6.78. The zero-order valence-electron chi connectivity index (χ0n) is 11.1. The molecule has 0 spiro atoms. The van der Waals surface area contributed by atoms with E-state index in [1.807, 2.05) is 18.4 Å². The van der Waals surface area contributed by atoms with Crippen molar-refractivity contribution >= 4 is 45.3 Å². The number of nitrogens with one attached hydrogen (secondary N) is 1. The van der Waals surface area contributed by atoms with Gasteiger partial charge in [-0.1, -0.05) is 0 Å². The fourth-order valence-electron chi connectivity index (χ4n) is 1.69. The Morgan fingerprint density at radius 2 is 1.71 bits per heavy atom. The number of benzene rings is 2. The molecule has 2 N–H and O–H groups in total. The molecule has 0 aliphatic rings. The maximum atomic E-state index is 12.1. The van der Waals surface area contributed by atoms with Gasteiger partial charge in [0.05, 0.1) is 11.3 Å². The number of thioether (sulfide) groups is 1. The van der Waals surface area contributed by atoms with Gasteiger partial charge in [0.1, 0.15) is 0 Å². The van der Waals surface area contributed by atoms with E-state index in [1.165, 1.54) is 12.1 Å². The first kappa shape index (κ1) is 15.6. The van der Waals surface area contributed by atoms with Gasteiger partial charge in [0.25, 0.3) is 5.91 Å². The van der Waals surface area contributed by atoms with E-state index in [2.05, 4.69) is 21.2 Å². The second-order valence-corrected chi connectivity index (χ2v) is 5.92. The summed E-state index contributed by atoms with van der Waals surface area (Å²) in [5.74, 6) is -1.26. The Kier molecular flexibility index (Phi) is 5.03. The molecule has 0 heterocycles. The molecule has 0 aliphatic heterocycles. The van der Waals surface area contributed by atoms with Gasteiger partial charge in [0.15, 0.2) is 0 Å². The zero-order chi connectivity index (χ0) is 15.4. The summed E-state index contributed by atoms with van der Waals surface area (Å²) >= 11 is 4.86. The Hall–Kier alpha value is -1.79. The monoisotopic (exact) mass is 365 g/mol. The second-order valence-electron chi connectivity index (χ2n) is 4.18. The summed E-state index contributed by atoms with van der Waals surface area (Å²) in [7, 11) is 0. The van der Waals surface area contributed by atoms with Crippen LogP contribution in [0.2, 0.25) is 0 Å². The Labute approximate surface area is 134 Å². The summed E-state index contributed by atoms with van der Waals surface area (Å²) in [5, 5.41) is 11.6. The first-order chi connectivity index (χ1) is 10.0. The van der Waals surface area contributed by atoms with Crippen LogP contribution in [0.5, 0.6) is 0 Å². The first-order valence-corrected chi connectivity index (χ1v) is 8.01. The van der Waals surface area contributed by atoms with Crippen LogP contribution in [0.1, 0.15) is 20.7 Å². The normalized spacial score (nSPS) is 10.2. The van der Waals surface area contributed by atoms with Crippen LogP contribution in [0.3, 0.4) is 0 Å². The number of anilines is 1. The Balaban J connectivity index is 2.17. The number of halogens is 1. The van der Waals surface area contributed by atoms with E-state index < -0.39 is 5.97 Å². The van der Waals surface area contributed by atoms with E-state index in [4.69, 9.17) is 5.11 Å². The van der Waals surface area contributed by atoms with Crippen LogP contribution in [0.15, 0.2) is 51.8 Å². The fraction of sp³-hybridized carbons (Fsp3) is 0.0667. The minimum absolute atomic E-state index is 0.157. The molecule has 21 heavy (non-hydrogen) atoms. The molecule has 2 aromatic carbocycles. The van der Waals surface area contributed by atoms with Gasteiger partial charge in [-0.25, -0.2) is 4.79 Å². The van der Waals surface area contributed by atoms with E-state index in [0.29, 0.717) is 15.7 Å². The van der Waals surface area contributed by atoms with Gasteiger partial charge in [-0.2, -0.15) is 0 Å². The van der Waals surface area contributed by atoms with Crippen molar-refractivity contribution < 1.29 is 14.7 Å². The Morgan fingerprint density at radius 1 is 1.10 bits per heavy atom. The molecule has 0 radical (unpaired) electrons. The number of rotatable bonds is 4. The number of amides is 1. The number of carboxylic acid groups (broad SMARTS) is 1. The van der Waals surface area contributed by atoms with E-state index in [9.17, 15) is 9.59 Å². The Bertz CT molecular complexity index is 686. The van der Waals surface area contributed by atoms with Gasteiger partial charge in [-0.3, -0.25) is 4.79 Å². The maximum Gasteiger partial charge on any atom is 0.335 e. The minimum Gasteiger partial charge on any atom is -0.478 e. The van der Waals surface area contributed by atoms with Gasteiger partial charge < -0.3 is 10.4 Å². The lowest BCUT2D eigenvalue weighted by atomic mass is 10.2. The molecule has 0 saturated carbocycles. The molecular formula is C15H12BrNO3S. The molecule has 0 saturated heterocycles. The standard InChI is InChI=1S/C15H12BrNO3S/c1-21-11-5-2-9(3-6-11)14(18)17-13-7-4-10(15(19)20)8-12(13)16/h2-8H,1H3,(H,17,18)(H,19,20). The van der Waals surface area contributed by atoms with E-state index in [1.54, 1.807) is 30.0 Å². The third-order valence-corrected chi connectivity index (χ3v) is 4.22. The first-order valence-electron chi connectivity index (χ1n) is 5.99. The van der Waals surface area contributed by atoms with Crippen molar-refractivity contribution in [2.24, 2.45) is 0 Å². The number of hydrogen-bond donors (Lipinski definition) is 2. The summed E-state index contributed by atoms with van der Waals surface area (Å²) < 4.78 is 0.525. The molecule has 0 unspecified atom stereocenters. The molecule has 4 nitrogen and oxygen atoms in total. The largest absolute Gasteiger partial charge is 0.478 e. The number of aromatic carboxylic acids is 1. The summed E-state index contributed by atoms with van der Waals surface area (Å²) in [5.41, 5.74) is 1.23. The van der Waals surface area contributed by atoms with Crippen molar-refractivity contribution in [2.75, 3.05) is 11.6 Å². The molecule has 2 aromatic rings. The van der Waals surface area contributed by atoms with Gasteiger partial charge in [0.2, 0.25) is 0 Å². The van der Waals surface area contributed by atoms with Gasteiger partial charge in [-0.05, 0) is 64.7 Å². The van der Waals surface area contributed by atoms with Gasteiger partial charge >= 0.3 is 5.97 Å². The molecular weight excluding hydrogens is 354 g/mol. The summed E-state index contributed by atoms with van der Waals surface area (Å²) in [6, 6.07) is 11.7. The molecule has 2 rings (SSSR count). The van der Waals surface area contributed by atoms with Crippen molar-refractivity contribution in [1.29, 1.82) is 0 Å². The fourth-order valence-corrected chi connectivity index (χ4v) is 2.57. The maximum absolute atomic E-state index is 12.1. The molecule has 0 fully saturated rings.